The average Bonchev–Trinajstić information content (AvgIpc) is 2.02. The van der Waals surface area contributed by atoms with Gasteiger partial charge in [0.25, 0.3) is 0 Å². The molecule has 0 bridgehead atoms. The van der Waals surface area contributed by atoms with Crippen LogP contribution in [0.4, 0.5) is 0 Å². The minimum absolute atomic E-state index is 0.499. The van der Waals surface area contributed by atoms with Gasteiger partial charge < -0.3 is 10.8 Å². The third kappa shape index (κ3) is 6.51. The standard InChI is InChI=1S/C8H19N3O2/c1-11(2)10-7(8(12)13)5-3-4-6-9/h7,10H,3-6,9H2,1-2H3,(H,12,13). The van der Waals surface area contributed by atoms with Crippen molar-refractivity contribution in [3.63, 3.8) is 0 Å². The molecule has 0 fully saturated rings. The van der Waals surface area contributed by atoms with E-state index < -0.39 is 12.0 Å². The summed E-state index contributed by atoms with van der Waals surface area (Å²) in [6.07, 6.45) is 2.33. The average molecular weight is 189 g/mol. The SMILES string of the molecule is CN(C)NC(CCCCN)C(=O)O. The molecule has 78 valence electrons. The summed E-state index contributed by atoms with van der Waals surface area (Å²) in [5, 5.41) is 10.5. The number of hydrogen-bond donors (Lipinski definition) is 3. The molecular weight excluding hydrogens is 170 g/mol. The summed E-state index contributed by atoms with van der Waals surface area (Å²) in [6, 6.07) is -0.499. The summed E-state index contributed by atoms with van der Waals surface area (Å²) in [7, 11) is 3.55. The summed E-state index contributed by atoms with van der Waals surface area (Å²) in [5.74, 6) is -0.814. The van der Waals surface area contributed by atoms with Gasteiger partial charge in [-0.2, -0.15) is 0 Å². The maximum atomic E-state index is 10.7. The van der Waals surface area contributed by atoms with Gasteiger partial charge in [0.1, 0.15) is 6.04 Å². The van der Waals surface area contributed by atoms with Crippen LogP contribution in [-0.2, 0) is 4.79 Å². The van der Waals surface area contributed by atoms with Crippen molar-refractivity contribution in [3.8, 4) is 0 Å². The van der Waals surface area contributed by atoms with Crippen LogP contribution in [0.3, 0.4) is 0 Å². The Balaban J connectivity index is 3.74. The van der Waals surface area contributed by atoms with Crippen LogP contribution in [0.1, 0.15) is 19.3 Å². The van der Waals surface area contributed by atoms with E-state index in [0.717, 1.165) is 12.8 Å². The van der Waals surface area contributed by atoms with Gasteiger partial charge in [-0.3, -0.25) is 4.79 Å². The number of carbonyl (C=O) groups is 1. The van der Waals surface area contributed by atoms with E-state index in [1.807, 2.05) is 0 Å². The number of carboxylic acid groups (broad SMARTS) is 1. The lowest BCUT2D eigenvalue weighted by molar-refractivity contribution is -0.141. The normalized spacial score (nSPS) is 13.2. The fourth-order valence-electron chi connectivity index (χ4n) is 1.05. The number of hydrogen-bond acceptors (Lipinski definition) is 4. The molecule has 0 saturated carbocycles. The molecule has 4 N–H and O–H groups in total. The zero-order chi connectivity index (χ0) is 10.3. The second kappa shape index (κ2) is 6.82. The number of unbranched alkanes of at least 4 members (excludes halogenated alkanes) is 1. The fourth-order valence-corrected chi connectivity index (χ4v) is 1.05. The van der Waals surface area contributed by atoms with E-state index in [1.54, 1.807) is 19.1 Å². The lowest BCUT2D eigenvalue weighted by Crippen LogP contribution is -2.44. The lowest BCUT2D eigenvalue weighted by atomic mass is 10.1. The van der Waals surface area contributed by atoms with Crippen molar-refractivity contribution in [1.82, 2.24) is 10.4 Å². The van der Waals surface area contributed by atoms with Gasteiger partial charge in [0.05, 0.1) is 0 Å². The van der Waals surface area contributed by atoms with Crippen LogP contribution in [0.25, 0.3) is 0 Å². The van der Waals surface area contributed by atoms with Crippen molar-refractivity contribution in [3.05, 3.63) is 0 Å². The highest BCUT2D eigenvalue weighted by molar-refractivity contribution is 5.73. The molecule has 0 amide bonds. The van der Waals surface area contributed by atoms with Gasteiger partial charge in [-0.15, -0.1) is 0 Å². The number of aliphatic carboxylic acids is 1. The van der Waals surface area contributed by atoms with Gasteiger partial charge >= 0.3 is 5.97 Å². The molecule has 0 aliphatic rings. The Morgan fingerprint density at radius 1 is 1.54 bits per heavy atom. The maximum Gasteiger partial charge on any atom is 0.322 e. The third-order valence-electron chi connectivity index (χ3n) is 1.66. The molecule has 0 aromatic rings. The number of hydrazine groups is 1. The predicted octanol–water partition coefficient (Wildman–Crippen LogP) is -0.365. The molecule has 0 radical (unpaired) electrons. The maximum absolute atomic E-state index is 10.7. The molecule has 0 aromatic carbocycles. The minimum atomic E-state index is -0.814. The van der Waals surface area contributed by atoms with E-state index in [9.17, 15) is 4.79 Å². The van der Waals surface area contributed by atoms with Gasteiger partial charge in [-0.1, -0.05) is 0 Å². The molecular formula is C8H19N3O2. The van der Waals surface area contributed by atoms with Crippen molar-refractivity contribution >= 4 is 5.97 Å². The Kier molecular flexibility index (Phi) is 6.48. The van der Waals surface area contributed by atoms with Crippen molar-refractivity contribution in [2.75, 3.05) is 20.6 Å². The van der Waals surface area contributed by atoms with Gasteiger partial charge in [0.2, 0.25) is 0 Å². The predicted molar refractivity (Wildman–Crippen MR) is 51.2 cm³/mol. The van der Waals surface area contributed by atoms with E-state index in [2.05, 4.69) is 5.43 Å². The Hall–Kier alpha value is -0.650. The first kappa shape index (κ1) is 12.3. The summed E-state index contributed by atoms with van der Waals surface area (Å²) < 4.78 is 0. The molecule has 0 aliphatic carbocycles. The van der Waals surface area contributed by atoms with Crippen LogP contribution in [0, 0.1) is 0 Å². The van der Waals surface area contributed by atoms with Gasteiger partial charge in [-0.05, 0) is 25.8 Å². The molecule has 5 heteroatoms. The van der Waals surface area contributed by atoms with Crippen LogP contribution in [-0.4, -0.2) is 42.8 Å². The van der Waals surface area contributed by atoms with Crippen LogP contribution in [0.5, 0.6) is 0 Å². The highest BCUT2D eigenvalue weighted by Gasteiger charge is 2.16. The molecule has 5 nitrogen and oxygen atoms in total. The first-order chi connectivity index (χ1) is 6.07. The van der Waals surface area contributed by atoms with E-state index >= 15 is 0 Å². The highest BCUT2D eigenvalue weighted by atomic mass is 16.4. The first-order valence-corrected chi connectivity index (χ1v) is 4.44. The molecule has 13 heavy (non-hydrogen) atoms. The Morgan fingerprint density at radius 2 is 2.15 bits per heavy atom. The number of nitrogens with two attached hydrogens (primary N) is 1. The van der Waals surface area contributed by atoms with Crippen molar-refractivity contribution in [2.24, 2.45) is 5.73 Å². The zero-order valence-corrected chi connectivity index (χ0v) is 8.29. The quantitative estimate of drug-likeness (QED) is 0.376. The number of rotatable bonds is 7. The number of nitrogens with zero attached hydrogens (tertiary/aromatic N) is 1. The van der Waals surface area contributed by atoms with Gasteiger partial charge in [-0.25, -0.2) is 10.4 Å². The van der Waals surface area contributed by atoms with E-state index in [4.69, 9.17) is 10.8 Å². The van der Waals surface area contributed by atoms with Gasteiger partial charge in [0.15, 0.2) is 0 Å². The molecule has 0 aliphatic heterocycles. The van der Waals surface area contributed by atoms with Crippen molar-refractivity contribution in [2.45, 2.75) is 25.3 Å². The monoisotopic (exact) mass is 189 g/mol. The molecule has 0 heterocycles. The second-order valence-electron chi connectivity index (χ2n) is 3.20. The minimum Gasteiger partial charge on any atom is -0.480 e. The summed E-state index contributed by atoms with van der Waals surface area (Å²) >= 11 is 0. The number of nitrogens with one attached hydrogen (secondary N) is 1. The van der Waals surface area contributed by atoms with Crippen molar-refractivity contribution < 1.29 is 9.90 Å². The zero-order valence-electron chi connectivity index (χ0n) is 8.29. The van der Waals surface area contributed by atoms with Crippen LogP contribution < -0.4 is 11.2 Å². The Labute approximate surface area is 78.9 Å². The highest BCUT2D eigenvalue weighted by Crippen LogP contribution is 2.00. The third-order valence-corrected chi connectivity index (χ3v) is 1.66. The van der Waals surface area contributed by atoms with E-state index in [0.29, 0.717) is 13.0 Å². The largest absolute Gasteiger partial charge is 0.480 e. The smallest absolute Gasteiger partial charge is 0.322 e. The summed E-state index contributed by atoms with van der Waals surface area (Å²) in [5.41, 5.74) is 8.14. The summed E-state index contributed by atoms with van der Waals surface area (Å²) in [4.78, 5) is 10.7. The lowest BCUT2D eigenvalue weighted by Gasteiger charge is -2.19. The van der Waals surface area contributed by atoms with Crippen molar-refractivity contribution in [1.29, 1.82) is 0 Å². The summed E-state index contributed by atoms with van der Waals surface area (Å²) in [6.45, 7) is 0.619. The van der Waals surface area contributed by atoms with Crippen LogP contribution >= 0.6 is 0 Å². The Morgan fingerprint density at radius 3 is 2.54 bits per heavy atom. The fraction of sp³-hybridized carbons (Fsp3) is 0.875. The van der Waals surface area contributed by atoms with Gasteiger partial charge in [0, 0.05) is 14.1 Å². The Bertz CT molecular complexity index is 150. The number of carboxylic acids is 1. The first-order valence-electron chi connectivity index (χ1n) is 4.44. The molecule has 0 aromatic heterocycles. The van der Waals surface area contributed by atoms with E-state index in [-0.39, 0.29) is 0 Å². The molecule has 1 unspecified atom stereocenters. The molecule has 0 spiro atoms. The topological polar surface area (TPSA) is 78.6 Å². The van der Waals surface area contributed by atoms with Crippen LogP contribution in [0.2, 0.25) is 0 Å². The van der Waals surface area contributed by atoms with Crippen LogP contribution in [0.15, 0.2) is 0 Å². The molecule has 0 rings (SSSR count). The molecule has 1 atom stereocenters. The second-order valence-corrected chi connectivity index (χ2v) is 3.20. The molecule has 0 saturated heterocycles. The van der Waals surface area contributed by atoms with E-state index in [1.165, 1.54) is 0 Å².